The van der Waals surface area contributed by atoms with Crippen molar-refractivity contribution in [1.29, 1.82) is 0 Å². The maximum absolute atomic E-state index is 5.50. The molecule has 0 saturated carbocycles. The Hall–Kier alpha value is -0.123. The standard InChI is InChI=1S/C9H20O2Si/c1-5-7-9-12(10-3,11-4)8-6-2/h5H,1,6-9H2,2-4H3. The van der Waals surface area contributed by atoms with Crippen molar-refractivity contribution in [2.45, 2.75) is 31.9 Å². The van der Waals surface area contributed by atoms with Crippen LogP contribution in [0.5, 0.6) is 0 Å². The van der Waals surface area contributed by atoms with Gasteiger partial charge in [-0.25, -0.2) is 0 Å². The van der Waals surface area contributed by atoms with Gasteiger partial charge in [-0.3, -0.25) is 0 Å². The third-order valence-electron chi connectivity index (χ3n) is 2.10. The molecule has 12 heavy (non-hydrogen) atoms. The molecule has 0 heterocycles. The summed E-state index contributed by atoms with van der Waals surface area (Å²) in [6, 6.07) is 2.10. The fraction of sp³-hybridized carbons (Fsp3) is 0.778. The van der Waals surface area contributed by atoms with Gasteiger partial charge < -0.3 is 8.85 Å². The average molecular weight is 188 g/mol. The highest BCUT2D eigenvalue weighted by Crippen LogP contribution is 2.21. The van der Waals surface area contributed by atoms with Crippen LogP contribution >= 0.6 is 0 Å². The molecule has 0 atom stereocenters. The van der Waals surface area contributed by atoms with Crippen molar-refractivity contribution >= 4 is 8.56 Å². The SMILES string of the molecule is C=CCC[Si](CCC)(OC)OC. The molecule has 2 nitrogen and oxygen atoms in total. The minimum atomic E-state index is -1.84. The number of allylic oxidation sites excluding steroid dienone is 1. The first-order valence-electron chi connectivity index (χ1n) is 4.46. The molecule has 0 rings (SSSR count). The molecule has 0 fully saturated rings. The molecule has 0 aliphatic heterocycles. The second-order valence-corrected chi connectivity index (χ2v) is 6.53. The van der Waals surface area contributed by atoms with Crippen molar-refractivity contribution < 1.29 is 8.85 Å². The van der Waals surface area contributed by atoms with E-state index in [1.54, 1.807) is 14.2 Å². The molecule has 0 aromatic heterocycles. The Morgan fingerprint density at radius 3 is 2.17 bits per heavy atom. The van der Waals surface area contributed by atoms with E-state index in [1.807, 2.05) is 6.08 Å². The van der Waals surface area contributed by atoms with Gasteiger partial charge in [0, 0.05) is 14.2 Å². The van der Waals surface area contributed by atoms with Gasteiger partial charge in [-0.05, 0) is 18.5 Å². The van der Waals surface area contributed by atoms with E-state index in [9.17, 15) is 0 Å². The van der Waals surface area contributed by atoms with E-state index in [1.165, 1.54) is 0 Å². The van der Waals surface area contributed by atoms with Crippen LogP contribution in [0.4, 0.5) is 0 Å². The molecule has 72 valence electrons. The highest BCUT2D eigenvalue weighted by atomic mass is 28.4. The van der Waals surface area contributed by atoms with Crippen LogP contribution in [-0.2, 0) is 8.85 Å². The van der Waals surface area contributed by atoms with Crippen molar-refractivity contribution in [3.05, 3.63) is 12.7 Å². The summed E-state index contributed by atoms with van der Waals surface area (Å²) in [6.45, 7) is 5.86. The molecule has 0 aromatic rings. The smallest absolute Gasteiger partial charge is 0.337 e. The van der Waals surface area contributed by atoms with Crippen LogP contribution in [0, 0.1) is 0 Å². The first-order valence-corrected chi connectivity index (χ1v) is 6.69. The maximum Gasteiger partial charge on any atom is 0.337 e. The normalized spacial score (nSPS) is 11.6. The molecule has 0 bridgehead atoms. The van der Waals surface area contributed by atoms with Crippen LogP contribution in [0.3, 0.4) is 0 Å². The fourth-order valence-electron chi connectivity index (χ4n) is 1.32. The lowest BCUT2D eigenvalue weighted by Crippen LogP contribution is -2.39. The summed E-state index contributed by atoms with van der Waals surface area (Å²) in [4.78, 5) is 0. The van der Waals surface area contributed by atoms with Crippen LogP contribution < -0.4 is 0 Å². The zero-order valence-corrected chi connectivity index (χ0v) is 9.43. The summed E-state index contributed by atoms with van der Waals surface area (Å²) in [5.74, 6) is 0. The summed E-state index contributed by atoms with van der Waals surface area (Å²) >= 11 is 0. The van der Waals surface area contributed by atoms with Gasteiger partial charge in [0.05, 0.1) is 0 Å². The summed E-state index contributed by atoms with van der Waals surface area (Å²) in [5.41, 5.74) is 0. The van der Waals surface area contributed by atoms with Gasteiger partial charge in [-0.1, -0.05) is 19.4 Å². The number of hydrogen-bond donors (Lipinski definition) is 0. The molecule has 0 N–H and O–H groups in total. The number of rotatable bonds is 7. The summed E-state index contributed by atoms with van der Waals surface area (Å²) in [6.07, 6.45) is 4.05. The molecule has 3 heteroatoms. The third kappa shape index (κ3) is 3.52. The molecule has 0 aromatic carbocycles. The van der Waals surface area contributed by atoms with Gasteiger partial charge >= 0.3 is 8.56 Å². The second-order valence-electron chi connectivity index (χ2n) is 2.90. The molecule has 0 amide bonds. The lowest BCUT2D eigenvalue weighted by Gasteiger charge is -2.26. The first-order chi connectivity index (χ1) is 5.74. The zero-order chi connectivity index (χ0) is 9.45. The minimum Gasteiger partial charge on any atom is -0.398 e. The second kappa shape index (κ2) is 6.40. The number of hydrogen-bond acceptors (Lipinski definition) is 2. The zero-order valence-electron chi connectivity index (χ0n) is 8.43. The van der Waals surface area contributed by atoms with Gasteiger partial charge in [-0.2, -0.15) is 0 Å². The fourth-order valence-corrected chi connectivity index (χ4v) is 3.96. The van der Waals surface area contributed by atoms with Gasteiger partial charge in [0.15, 0.2) is 0 Å². The van der Waals surface area contributed by atoms with Crippen LogP contribution in [0.1, 0.15) is 19.8 Å². The minimum absolute atomic E-state index is 0.994. The van der Waals surface area contributed by atoms with Gasteiger partial charge in [-0.15, -0.1) is 6.58 Å². The maximum atomic E-state index is 5.50. The lowest BCUT2D eigenvalue weighted by molar-refractivity contribution is 0.241. The Bertz CT molecular complexity index is 122. The Kier molecular flexibility index (Phi) is 6.33. The summed E-state index contributed by atoms with van der Waals surface area (Å²) < 4.78 is 11.0. The van der Waals surface area contributed by atoms with Crippen molar-refractivity contribution in [3.63, 3.8) is 0 Å². The Morgan fingerprint density at radius 2 is 1.83 bits per heavy atom. The summed E-state index contributed by atoms with van der Waals surface area (Å²) in [7, 11) is 1.68. The quantitative estimate of drug-likeness (QED) is 0.452. The molecule has 0 aliphatic rings. The molecular weight excluding hydrogens is 168 g/mol. The Labute approximate surface area is 76.8 Å². The van der Waals surface area contributed by atoms with Crippen molar-refractivity contribution in [3.8, 4) is 0 Å². The highest BCUT2D eigenvalue weighted by Gasteiger charge is 2.32. The van der Waals surface area contributed by atoms with Crippen LogP contribution in [-0.4, -0.2) is 22.8 Å². The topological polar surface area (TPSA) is 18.5 Å². The van der Waals surface area contributed by atoms with Gasteiger partial charge in [0.1, 0.15) is 0 Å². The van der Waals surface area contributed by atoms with E-state index in [0.29, 0.717) is 0 Å². The van der Waals surface area contributed by atoms with Crippen molar-refractivity contribution in [2.75, 3.05) is 14.2 Å². The van der Waals surface area contributed by atoms with E-state index in [-0.39, 0.29) is 0 Å². The molecule has 0 saturated heterocycles. The Morgan fingerprint density at radius 1 is 1.25 bits per heavy atom. The average Bonchev–Trinajstić information content (AvgIpc) is 2.13. The highest BCUT2D eigenvalue weighted by molar-refractivity contribution is 6.67. The monoisotopic (exact) mass is 188 g/mol. The van der Waals surface area contributed by atoms with E-state index in [4.69, 9.17) is 8.85 Å². The largest absolute Gasteiger partial charge is 0.398 e. The Balaban J connectivity index is 4.03. The van der Waals surface area contributed by atoms with Crippen molar-refractivity contribution in [1.82, 2.24) is 0 Å². The molecule has 0 spiro atoms. The van der Waals surface area contributed by atoms with E-state index in [2.05, 4.69) is 13.5 Å². The van der Waals surface area contributed by atoms with Crippen LogP contribution in [0.2, 0.25) is 12.1 Å². The first kappa shape index (κ1) is 11.9. The molecule has 0 unspecified atom stereocenters. The van der Waals surface area contributed by atoms with Crippen LogP contribution in [0.25, 0.3) is 0 Å². The van der Waals surface area contributed by atoms with E-state index >= 15 is 0 Å². The lowest BCUT2D eigenvalue weighted by atomic mass is 10.5. The molecule has 0 radical (unpaired) electrons. The predicted molar refractivity (Wildman–Crippen MR) is 54.5 cm³/mol. The molecule has 0 aliphatic carbocycles. The molecular formula is C9H20O2Si. The predicted octanol–water partition coefficient (Wildman–Crippen LogP) is 2.71. The van der Waals surface area contributed by atoms with Gasteiger partial charge in [0.2, 0.25) is 0 Å². The van der Waals surface area contributed by atoms with Crippen LogP contribution in [0.15, 0.2) is 12.7 Å². The third-order valence-corrected chi connectivity index (χ3v) is 5.90. The van der Waals surface area contributed by atoms with E-state index in [0.717, 1.165) is 24.9 Å². The summed E-state index contributed by atoms with van der Waals surface area (Å²) in [5, 5.41) is 0. The van der Waals surface area contributed by atoms with Gasteiger partial charge in [0.25, 0.3) is 0 Å². The van der Waals surface area contributed by atoms with E-state index < -0.39 is 8.56 Å². The van der Waals surface area contributed by atoms with Crippen molar-refractivity contribution in [2.24, 2.45) is 0 Å².